The molecule has 1 amide bonds. The fourth-order valence-electron chi connectivity index (χ4n) is 3.80. The quantitative estimate of drug-likeness (QED) is 0.839. The molecule has 0 unspecified atom stereocenters. The number of ether oxygens (including phenoxy) is 1. The summed E-state index contributed by atoms with van der Waals surface area (Å²) in [5.74, 6) is 1.78. The number of carbonyl (C=O) groups excluding carboxylic acids is 1. The highest BCUT2D eigenvalue weighted by Crippen LogP contribution is 2.27. The third-order valence-electron chi connectivity index (χ3n) is 5.12. The Morgan fingerprint density at radius 3 is 2.32 bits per heavy atom. The van der Waals surface area contributed by atoms with Gasteiger partial charge in [-0.2, -0.15) is 0 Å². The van der Waals surface area contributed by atoms with Crippen molar-refractivity contribution in [1.29, 1.82) is 0 Å². The van der Waals surface area contributed by atoms with Crippen molar-refractivity contribution in [2.75, 3.05) is 32.8 Å². The zero-order valence-electron chi connectivity index (χ0n) is 11.8. The second kappa shape index (κ2) is 6.23. The number of rotatable bonds is 3. The number of hydrogen-bond donors (Lipinski definition) is 1. The van der Waals surface area contributed by atoms with Crippen LogP contribution in [0, 0.1) is 11.8 Å². The fourth-order valence-corrected chi connectivity index (χ4v) is 3.80. The summed E-state index contributed by atoms with van der Waals surface area (Å²) in [5.41, 5.74) is 0. The van der Waals surface area contributed by atoms with Gasteiger partial charge in [0, 0.05) is 13.1 Å². The van der Waals surface area contributed by atoms with Crippen LogP contribution in [-0.4, -0.2) is 49.7 Å². The lowest BCUT2D eigenvalue weighted by atomic mass is 9.92. The fraction of sp³-hybridized carbons (Fsp3) is 0.933. The first kappa shape index (κ1) is 13.4. The molecule has 3 fully saturated rings. The van der Waals surface area contributed by atoms with Gasteiger partial charge in [-0.1, -0.05) is 12.8 Å². The summed E-state index contributed by atoms with van der Waals surface area (Å²) < 4.78 is 5.75. The van der Waals surface area contributed by atoms with Crippen molar-refractivity contribution in [3.63, 3.8) is 0 Å². The summed E-state index contributed by atoms with van der Waals surface area (Å²) in [4.78, 5) is 14.2. The van der Waals surface area contributed by atoms with Crippen LogP contribution in [0.25, 0.3) is 0 Å². The first-order chi connectivity index (χ1) is 9.33. The van der Waals surface area contributed by atoms with E-state index < -0.39 is 0 Å². The Hall–Kier alpha value is -0.610. The highest BCUT2D eigenvalue weighted by atomic mass is 16.5. The summed E-state index contributed by atoms with van der Waals surface area (Å²) in [6.45, 7) is 4.44. The number of nitrogens with one attached hydrogen (secondary N) is 1. The van der Waals surface area contributed by atoms with Gasteiger partial charge in [0.2, 0.25) is 5.91 Å². The van der Waals surface area contributed by atoms with Gasteiger partial charge in [-0.05, 0) is 50.6 Å². The van der Waals surface area contributed by atoms with E-state index in [1.807, 2.05) is 4.90 Å². The van der Waals surface area contributed by atoms with Crippen LogP contribution in [0.15, 0.2) is 0 Å². The monoisotopic (exact) mass is 266 g/mol. The topological polar surface area (TPSA) is 41.6 Å². The standard InChI is InChI=1S/C15H26N2O2/c18-15(11-19-14-3-1-2-4-14)17-7-5-12-9-16-10-13(12)6-8-17/h12-14,16H,1-11H2/t12-,13+. The van der Waals surface area contributed by atoms with Gasteiger partial charge >= 0.3 is 0 Å². The van der Waals surface area contributed by atoms with Crippen LogP contribution in [0.1, 0.15) is 38.5 Å². The van der Waals surface area contributed by atoms with Crippen LogP contribution in [-0.2, 0) is 9.53 Å². The number of hydrogen-bond acceptors (Lipinski definition) is 3. The third kappa shape index (κ3) is 3.29. The molecule has 2 heterocycles. The van der Waals surface area contributed by atoms with E-state index in [2.05, 4.69) is 5.32 Å². The number of likely N-dealkylation sites (tertiary alicyclic amines) is 1. The summed E-state index contributed by atoms with van der Waals surface area (Å²) in [7, 11) is 0. The number of amides is 1. The second-order valence-electron chi connectivity index (χ2n) is 6.35. The van der Waals surface area contributed by atoms with Crippen LogP contribution >= 0.6 is 0 Å². The molecule has 0 aromatic heterocycles. The molecular weight excluding hydrogens is 240 g/mol. The normalized spacial score (nSPS) is 32.3. The molecule has 2 aliphatic heterocycles. The first-order valence-electron chi connectivity index (χ1n) is 7.93. The van der Waals surface area contributed by atoms with Crippen molar-refractivity contribution >= 4 is 5.91 Å². The molecule has 19 heavy (non-hydrogen) atoms. The lowest BCUT2D eigenvalue weighted by Crippen LogP contribution is -2.36. The van der Waals surface area contributed by atoms with Crippen molar-refractivity contribution in [1.82, 2.24) is 10.2 Å². The van der Waals surface area contributed by atoms with Gasteiger partial charge in [0.1, 0.15) is 6.61 Å². The van der Waals surface area contributed by atoms with Crippen molar-refractivity contribution in [2.45, 2.75) is 44.6 Å². The Bertz CT molecular complexity index is 301. The smallest absolute Gasteiger partial charge is 0.248 e. The molecule has 1 aliphatic carbocycles. The minimum atomic E-state index is 0.208. The maximum absolute atomic E-state index is 12.2. The summed E-state index contributed by atoms with van der Waals surface area (Å²) in [6.07, 6.45) is 7.48. The van der Waals surface area contributed by atoms with Gasteiger partial charge < -0.3 is 15.0 Å². The van der Waals surface area contributed by atoms with Crippen LogP contribution in [0.4, 0.5) is 0 Å². The minimum Gasteiger partial charge on any atom is -0.368 e. The zero-order valence-corrected chi connectivity index (χ0v) is 11.8. The molecule has 0 radical (unpaired) electrons. The minimum absolute atomic E-state index is 0.208. The number of fused-ring (bicyclic) bond motifs is 1. The van der Waals surface area contributed by atoms with Crippen molar-refractivity contribution in [3.05, 3.63) is 0 Å². The highest BCUT2D eigenvalue weighted by molar-refractivity contribution is 5.77. The van der Waals surface area contributed by atoms with Crippen LogP contribution in [0.3, 0.4) is 0 Å². The van der Waals surface area contributed by atoms with Gasteiger partial charge in [-0.3, -0.25) is 4.79 Å². The average Bonchev–Trinajstić information content (AvgIpc) is 3.05. The Kier molecular flexibility index (Phi) is 4.38. The first-order valence-corrected chi connectivity index (χ1v) is 7.93. The van der Waals surface area contributed by atoms with E-state index in [1.165, 1.54) is 12.8 Å². The second-order valence-corrected chi connectivity index (χ2v) is 6.35. The predicted octanol–water partition coefficient (Wildman–Crippen LogP) is 1.40. The summed E-state index contributed by atoms with van der Waals surface area (Å²) in [6, 6.07) is 0. The summed E-state index contributed by atoms with van der Waals surface area (Å²) in [5, 5.41) is 3.47. The molecular formula is C15H26N2O2. The molecule has 4 heteroatoms. The number of carbonyl (C=O) groups is 1. The molecule has 1 saturated carbocycles. The molecule has 2 atom stereocenters. The van der Waals surface area contributed by atoms with Gasteiger partial charge in [0.15, 0.2) is 0 Å². The zero-order chi connectivity index (χ0) is 13.1. The Morgan fingerprint density at radius 1 is 1.05 bits per heavy atom. The Labute approximate surface area is 115 Å². The highest BCUT2D eigenvalue weighted by Gasteiger charge is 2.31. The maximum atomic E-state index is 12.2. The molecule has 3 rings (SSSR count). The average molecular weight is 266 g/mol. The van der Waals surface area contributed by atoms with Gasteiger partial charge in [0.25, 0.3) is 0 Å². The predicted molar refractivity (Wildman–Crippen MR) is 73.9 cm³/mol. The molecule has 3 aliphatic rings. The van der Waals surface area contributed by atoms with Crippen LogP contribution in [0.5, 0.6) is 0 Å². The van der Waals surface area contributed by atoms with Gasteiger partial charge in [-0.25, -0.2) is 0 Å². The van der Waals surface area contributed by atoms with E-state index in [1.54, 1.807) is 0 Å². The van der Waals surface area contributed by atoms with Crippen molar-refractivity contribution in [3.8, 4) is 0 Å². The molecule has 0 aromatic rings. The Balaban J connectivity index is 1.44. The maximum Gasteiger partial charge on any atom is 0.248 e. The SMILES string of the molecule is O=C(COC1CCCC1)N1CC[C@@H]2CNC[C@@H]2CC1. The molecule has 0 spiro atoms. The molecule has 1 N–H and O–H groups in total. The van der Waals surface area contributed by atoms with E-state index in [4.69, 9.17) is 4.74 Å². The van der Waals surface area contributed by atoms with Gasteiger partial charge in [0.05, 0.1) is 6.10 Å². The molecule has 4 nitrogen and oxygen atoms in total. The van der Waals surface area contributed by atoms with Crippen molar-refractivity contribution in [2.24, 2.45) is 11.8 Å². The van der Waals surface area contributed by atoms with Crippen LogP contribution < -0.4 is 5.32 Å². The molecule has 108 valence electrons. The molecule has 0 bridgehead atoms. The number of nitrogens with zero attached hydrogens (tertiary/aromatic N) is 1. The molecule has 2 saturated heterocycles. The van der Waals surface area contributed by atoms with Crippen LogP contribution in [0.2, 0.25) is 0 Å². The van der Waals surface area contributed by atoms with E-state index in [0.717, 1.165) is 63.7 Å². The van der Waals surface area contributed by atoms with Crippen molar-refractivity contribution < 1.29 is 9.53 Å². The lowest BCUT2D eigenvalue weighted by molar-refractivity contribution is -0.138. The summed E-state index contributed by atoms with van der Waals surface area (Å²) >= 11 is 0. The largest absolute Gasteiger partial charge is 0.368 e. The molecule has 0 aromatic carbocycles. The van der Waals surface area contributed by atoms with E-state index in [0.29, 0.717) is 12.7 Å². The van der Waals surface area contributed by atoms with E-state index in [9.17, 15) is 4.79 Å². The third-order valence-corrected chi connectivity index (χ3v) is 5.12. The van der Waals surface area contributed by atoms with E-state index in [-0.39, 0.29) is 5.91 Å². The van der Waals surface area contributed by atoms with Gasteiger partial charge in [-0.15, -0.1) is 0 Å². The Morgan fingerprint density at radius 2 is 1.68 bits per heavy atom. The van der Waals surface area contributed by atoms with E-state index >= 15 is 0 Å². The lowest BCUT2D eigenvalue weighted by Gasteiger charge is -2.22.